The van der Waals surface area contributed by atoms with Gasteiger partial charge in [0.05, 0.1) is 4.83 Å². The molecule has 0 radical (unpaired) electrons. The van der Waals surface area contributed by atoms with E-state index in [4.69, 9.17) is 0 Å². The second-order valence-corrected chi connectivity index (χ2v) is 5.40. The van der Waals surface area contributed by atoms with Crippen molar-refractivity contribution in [3.63, 3.8) is 0 Å². The van der Waals surface area contributed by atoms with E-state index in [1.165, 1.54) is 6.07 Å². The van der Waals surface area contributed by atoms with Gasteiger partial charge in [-0.1, -0.05) is 34.1 Å². The molecular formula is C13H15BrFNO. The zero-order chi connectivity index (χ0) is 12.3. The SMILES string of the molecule is O=C(C(Br)Cc1ccccc1F)N1CCCC1. The van der Waals surface area contributed by atoms with Gasteiger partial charge in [-0.3, -0.25) is 4.79 Å². The Morgan fingerprint density at radius 1 is 1.35 bits per heavy atom. The number of nitrogens with zero attached hydrogens (tertiary/aromatic N) is 1. The van der Waals surface area contributed by atoms with Crippen molar-refractivity contribution in [2.45, 2.75) is 24.1 Å². The Labute approximate surface area is 109 Å². The smallest absolute Gasteiger partial charge is 0.236 e. The predicted molar refractivity (Wildman–Crippen MR) is 68.6 cm³/mol. The predicted octanol–water partition coefficient (Wildman–Crippen LogP) is 2.75. The number of hydrogen-bond acceptors (Lipinski definition) is 1. The van der Waals surface area contributed by atoms with Crippen LogP contribution in [0.5, 0.6) is 0 Å². The van der Waals surface area contributed by atoms with Crippen LogP contribution >= 0.6 is 15.9 Å². The third kappa shape index (κ3) is 3.06. The maximum absolute atomic E-state index is 13.4. The highest BCUT2D eigenvalue weighted by atomic mass is 79.9. The van der Waals surface area contributed by atoms with Gasteiger partial charge in [0.2, 0.25) is 5.91 Å². The molecule has 1 aromatic carbocycles. The molecule has 1 aliphatic heterocycles. The minimum Gasteiger partial charge on any atom is -0.342 e. The van der Waals surface area contributed by atoms with E-state index in [0.29, 0.717) is 12.0 Å². The molecule has 0 bridgehead atoms. The lowest BCUT2D eigenvalue weighted by Gasteiger charge is -2.19. The number of carbonyl (C=O) groups is 1. The second-order valence-electron chi connectivity index (χ2n) is 4.30. The summed E-state index contributed by atoms with van der Waals surface area (Å²) in [5, 5.41) is 0. The highest BCUT2D eigenvalue weighted by Crippen LogP contribution is 2.18. The molecule has 0 aliphatic carbocycles. The summed E-state index contributed by atoms with van der Waals surface area (Å²) < 4.78 is 13.4. The fourth-order valence-corrected chi connectivity index (χ4v) is 2.72. The molecule has 1 saturated heterocycles. The van der Waals surface area contributed by atoms with Gasteiger partial charge in [-0.15, -0.1) is 0 Å². The van der Waals surface area contributed by atoms with Crippen LogP contribution < -0.4 is 0 Å². The Kier molecular flexibility index (Phi) is 4.15. The van der Waals surface area contributed by atoms with Crippen LogP contribution in [0.2, 0.25) is 0 Å². The van der Waals surface area contributed by atoms with E-state index < -0.39 is 0 Å². The summed E-state index contributed by atoms with van der Waals surface area (Å²) >= 11 is 3.37. The van der Waals surface area contributed by atoms with E-state index in [0.717, 1.165) is 25.9 Å². The van der Waals surface area contributed by atoms with Gasteiger partial charge < -0.3 is 4.90 Å². The summed E-state index contributed by atoms with van der Waals surface area (Å²) in [6.45, 7) is 1.66. The molecule has 1 aromatic rings. The Hall–Kier alpha value is -0.900. The zero-order valence-electron chi connectivity index (χ0n) is 9.53. The molecule has 2 rings (SSSR count). The molecule has 0 N–H and O–H groups in total. The van der Waals surface area contributed by atoms with Gasteiger partial charge in [0.1, 0.15) is 5.82 Å². The number of benzene rings is 1. The first-order valence-electron chi connectivity index (χ1n) is 5.85. The first kappa shape index (κ1) is 12.6. The molecule has 2 nitrogen and oxygen atoms in total. The van der Waals surface area contributed by atoms with Gasteiger partial charge in [0, 0.05) is 13.1 Å². The van der Waals surface area contributed by atoms with Gasteiger partial charge in [-0.25, -0.2) is 4.39 Å². The first-order valence-corrected chi connectivity index (χ1v) is 6.76. The molecule has 1 atom stereocenters. The van der Waals surface area contributed by atoms with Crippen LogP contribution in [0.4, 0.5) is 4.39 Å². The maximum atomic E-state index is 13.4. The lowest BCUT2D eigenvalue weighted by atomic mass is 10.1. The van der Waals surface area contributed by atoms with Crippen LogP contribution in [-0.4, -0.2) is 28.7 Å². The van der Waals surface area contributed by atoms with Crippen molar-refractivity contribution in [3.05, 3.63) is 35.6 Å². The largest absolute Gasteiger partial charge is 0.342 e. The summed E-state index contributed by atoms with van der Waals surface area (Å²) in [6.07, 6.45) is 2.55. The molecule has 1 unspecified atom stereocenters. The number of hydrogen-bond donors (Lipinski definition) is 0. The monoisotopic (exact) mass is 299 g/mol. The number of rotatable bonds is 3. The van der Waals surface area contributed by atoms with Crippen molar-refractivity contribution in [2.24, 2.45) is 0 Å². The number of halogens is 2. The van der Waals surface area contributed by atoms with Crippen molar-refractivity contribution in [2.75, 3.05) is 13.1 Å². The highest BCUT2D eigenvalue weighted by molar-refractivity contribution is 9.10. The third-order valence-electron chi connectivity index (χ3n) is 3.04. The molecule has 1 amide bonds. The maximum Gasteiger partial charge on any atom is 0.236 e. The molecule has 1 heterocycles. The van der Waals surface area contributed by atoms with Gasteiger partial charge in [0.25, 0.3) is 0 Å². The van der Waals surface area contributed by atoms with Crippen LogP contribution in [0.25, 0.3) is 0 Å². The minimum absolute atomic E-state index is 0.0748. The van der Waals surface area contributed by atoms with E-state index in [1.54, 1.807) is 18.2 Å². The van der Waals surface area contributed by atoms with Crippen molar-refractivity contribution in [1.82, 2.24) is 4.90 Å². The topological polar surface area (TPSA) is 20.3 Å². The summed E-state index contributed by atoms with van der Waals surface area (Å²) in [4.78, 5) is 13.5. The van der Waals surface area contributed by atoms with Crippen molar-refractivity contribution >= 4 is 21.8 Å². The molecule has 0 spiro atoms. The van der Waals surface area contributed by atoms with Crippen LogP contribution in [0, 0.1) is 5.82 Å². The molecule has 17 heavy (non-hydrogen) atoms. The number of alkyl halides is 1. The quantitative estimate of drug-likeness (QED) is 0.786. The molecule has 0 saturated carbocycles. The fourth-order valence-electron chi connectivity index (χ4n) is 2.08. The summed E-state index contributed by atoms with van der Waals surface area (Å²) in [5.41, 5.74) is 0.585. The minimum atomic E-state index is -0.322. The lowest BCUT2D eigenvalue weighted by molar-refractivity contribution is -0.129. The van der Waals surface area contributed by atoms with Crippen molar-refractivity contribution in [1.29, 1.82) is 0 Å². The number of likely N-dealkylation sites (tertiary alicyclic amines) is 1. The van der Waals surface area contributed by atoms with Crippen LogP contribution in [-0.2, 0) is 11.2 Å². The second kappa shape index (κ2) is 5.63. The van der Waals surface area contributed by atoms with Crippen LogP contribution in [0.1, 0.15) is 18.4 Å². The molecule has 1 fully saturated rings. The summed E-state index contributed by atoms with van der Waals surface area (Å²) in [5.74, 6) is -0.170. The normalized spacial score (nSPS) is 17.2. The van der Waals surface area contributed by atoms with E-state index in [2.05, 4.69) is 15.9 Å². The van der Waals surface area contributed by atoms with Crippen molar-refractivity contribution < 1.29 is 9.18 Å². The lowest BCUT2D eigenvalue weighted by Crippen LogP contribution is -2.35. The summed E-state index contributed by atoms with van der Waals surface area (Å²) in [7, 11) is 0. The van der Waals surface area contributed by atoms with E-state index in [1.807, 2.05) is 4.90 Å². The van der Waals surface area contributed by atoms with E-state index >= 15 is 0 Å². The number of amides is 1. The third-order valence-corrected chi connectivity index (χ3v) is 3.76. The van der Waals surface area contributed by atoms with Gasteiger partial charge in [-0.05, 0) is 30.9 Å². The van der Waals surface area contributed by atoms with Gasteiger partial charge in [-0.2, -0.15) is 0 Å². The Balaban J connectivity index is 1.99. The summed E-state index contributed by atoms with van der Waals surface area (Å²) in [6, 6.07) is 6.60. The van der Waals surface area contributed by atoms with Crippen LogP contribution in [0.3, 0.4) is 0 Å². The van der Waals surface area contributed by atoms with Gasteiger partial charge >= 0.3 is 0 Å². The van der Waals surface area contributed by atoms with Crippen LogP contribution in [0.15, 0.2) is 24.3 Å². The highest BCUT2D eigenvalue weighted by Gasteiger charge is 2.25. The Bertz CT molecular complexity index is 404. The first-order chi connectivity index (χ1) is 8.18. The van der Waals surface area contributed by atoms with Crippen molar-refractivity contribution in [3.8, 4) is 0 Å². The van der Waals surface area contributed by atoms with Gasteiger partial charge in [0.15, 0.2) is 0 Å². The zero-order valence-corrected chi connectivity index (χ0v) is 11.1. The molecular weight excluding hydrogens is 285 g/mol. The Morgan fingerprint density at radius 2 is 2.00 bits per heavy atom. The average molecular weight is 300 g/mol. The molecule has 4 heteroatoms. The molecule has 1 aliphatic rings. The fraction of sp³-hybridized carbons (Fsp3) is 0.462. The Morgan fingerprint density at radius 3 is 2.65 bits per heavy atom. The molecule has 92 valence electrons. The standard InChI is InChI=1S/C13H15BrFNO/c14-11(13(17)16-7-3-4-8-16)9-10-5-1-2-6-12(10)15/h1-2,5-6,11H,3-4,7-9H2. The average Bonchev–Trinajstić information content (AvgIpc) is 2.84. The van der Waals surface area contributed by atoms with E-state index in [-0.39, 0.29) is 16.6 Å². The molecule has 0 aromatic heterocycles. The number of carbonyl (C=O) groups excluding carboxylic acids is 1. The van der Waals surface area contributed by atoms with E-state index in [9.17, 15) is 9.18 Å².